The van der Waals surface area contributed by atoms with Crippen molar-refractivity contribution in [3.05, 3.63) is 60.6 Å². The molecule has 1 fully saturated rings. The van der Waals surface area contributed by atoms with Crippen LogP contribution < -0.4 is 10.1 Å². The highest BCUT2D eigenvalue weighted by Gasteiger charge is 2.28. The van der Waals surface area contributed by atoms with Crippen molar-refractivity contribution < 1.29 is 23.5 Å². The van der Waals surface area contributed by atoms with E-state index in [4.69, 9.17) is 19.0 Å². The van der Waals surface area contributed by atoms with E-state index in [0.29, 0.717) is 30.4 Å². The molecule has 0 unspecified atom stereocenters. The number of anilines is 1. The Hall–Kier alpha value is -4.34. The van der Waals surface area contributed by atoms with Gasteiger partial charge in [-0.2, -0.15) is 5.10 Å². The molecule has 0 spiro atoms. The predicted molar refractivity (Wildman–Crippen MR) is 142 cm³/mol. The number of carbonyl (C=O) groups excluding carboxylic acids is 2. The molecule has 1 saturated heterocycles. The van der Waals surface area contributed by atoms with E-state index in [1.165, 1.54) is 6.26 Å². The molecule has 10 heteroatoms. The van der Waals surface area contributed by atoms with Gasteiger partial charge in [0.25, 0.3) is 5.91 Å². The molecular formula is C28H31N5O5. The number of nitrogens with zero attached hydrogens (tertiary/aromatic N) is 4. The van der Waals surface area contributed by atoms with Crippen LogP contribution >= 0.6 is 0 Å². The number of hydrogen-bond acceptors (Lipinski definition) is 7. The molecule has 2 aromatic heterocycles. The first-order valence-corrected chi connectivity index (χ1v) is 12.6. The number of benzene rings is 2. The van der Waals surface area contributed by atoms with Gasteiger partial charge in [0, 0.05) is 36.3 Å². The van der Waals surface area contributed by atoms with Gasteiger partial charge >= 0.3 is 6.09 Å². The Balaban J connectivity index is 1.29. The molecule has 1 N–H and O–H groups in total. The second-order valence-electron chi connectivity index (χ2n) is 10.3. The van der Waals surface area contributed by atoms with E-state index in [1.807, 2.05) is 68.0 Å². The number of methoxy groups -OCH3 is 1. The number of hydrogen-bond donors (Lipinski definition) is 1. The lowest BCUT2D eigenvalue weighted by Crippen LogP contribution is -2.42. The lowest BCUT2D eigenvalue weighted by Gasteiger charge is -2.33. The highest BCUT2D eigenvalue weighted by Crippen LogP contribution is 2.32. The quantitative estimate of drug-likeness (QED) is 0.371. The summed E-state index contributed by atoms with van der Waals surface area (Å²) in [5.41, 5.74) is 1.70. The standard InChI is InChI=1S/C28H31N5O5/c1-28(2,3)38-27(35)32-12-10-20(11-13-32)33-16-19-14-22(24(36-4)15-21(19)31-33)29-25(34)23-17-37-26(30-23)18-8-6-5-7-9-18/h5-9,14-17,20H,10-13H2,1-4H3,(H,29,34). The number of piperidine rings is 1. The summed E-state index contributed by atoms with van der Waals surface area (Å²) in [5, 5.41) is 8.49. The van der Waals surface area contributed by atoms with Crippen LogP contribution in [0.25, 0.3) is 22.4 Å². The number of amides is 2. The minimum atomic E-state index is -0.516. The van der Waals surface area contributed by atoms with Crippen LogP contribution in [0.4, 0.5) is 10.5 Å². The predicted octanol–water partition coefficient (Wildman–Crippen LogP) is 5.52. The molecule has 2 aromatic carbocycles. The molecule has 5 rings (SSSR count). The summed E-state index contributed by atoms with van der Waals surface area (Å²) >= 11 is 0. The zero-order chi connectivity index (χ0) is 26.9. The molecule has 0 atom stereocenters. The number of fused-ring (bicyclic) bond motifs is 1. The summed E-state index contributed by atoms with van der Waals surface area (Å²) in [6.07, 6.45) is 4.55. The first kappa shape index (κ1) is 25.3. The van der Waals surface area contributed by atoms with Crippen LogP contribution in [0, 0.1) is 0 Å². The van der Waals surface area contributed by atoms with Crippen molar-refractivity contribution in [2.45, 2.75) is 45.3 Å². The highest BCUT2D eigenvalue weighted by atomic mass is 16.6. The van der Waals surface area contributed by atoms with Crippen LogP contribution in [0.1, 0.15) is 50.1 Å². The van der Waals surface area contributed by atoms with Crippen molar-refractivity contribution in [3.63, 3.8) is 0 Å². The van der Waals surface area contributed by atoms with Crippen molar-refractivity contribution in [1.82, 2.24) is 19.7 Å². The lowest BCUT2D eigenvalue weighted by atomic mass is 10.1. The first-order valence-electron chi connectivity index (χ1n) is 12.6. The van der Waals surface area contributed by atoms with Gasteiger partial charge in [-0.3, -0.25) is 9.48 Å². The smallest absolute Gasteiger partial charge is 0.410 e. The Morgan fingerprint density at radius 3 is 2.53 bits per heavy atom. The Kier molecular flexibility index (Phi) is 6.79. The number of nitrogens with one attached hydrogen (secondary N) is 1. The number of rotatable bonds is 5. The normalized spacial score (nSPS) is 14.5. The van der Waals surface area contributed by atoms with E-state index in [9.17, 15) is 9.59 Å². The van der Waals surface area contributed by atoms with Gasteiger partial charge in [-0.25, -0.2) is 9.78 Å². The lowest BCUT2D eigenvalue weighted by molar-refractivity contribution is 0.0185. The average Bonchev–Trinajstić information content (AvgIpc) is 3.55. The summed E-state index contributed by atoms with van der Waals surface area (Å²) < 4.78 is 18.5. The third kappa shape index (κ3) is 5.49. The summed E-state index contributed by atoms with van der Waals surface area (Å²) in [6.45, 7) is 6.80. The summed E-state index contributed by atoms with van der Waals surface area (Å²) in [6, 6.07) is 13.2. The van der Waals surface area contributed by atoms with Crippen molar-refractivity contribution in [1.29, 1.82) is 0 Å². The molecule has 1 aliphatic rings. The fourth-order valence-electron chi connectivity index (χ4n) is 4.44. The summed E-state index contributed by atoms with van der Waals surface area (Å²) in [4.78, 5) is 31.4. The van der Waals surface area contributed by atoms with Crippen LogP contribution in [-0.2, 0) is 4.74 Å². The minimum absolute atomic E-state index is 0.150. The van der Waals surface area contributed by atoms with Crippen LogP contribution in [0.3, 0.4) is 0 Å². The van der Waals surface area contributed by atoms with Gasteiger partial charge in [-0.05, 0) is 51.8 Å². The third-order valence-corrected chi connectivity index (χ3v) is 6.34. The number of likely N-dealkylation sites (tertiary alicyclic amines) is 1. The van der Waals surface area contributed by atoms with Crippen molar-refractivity contribution in [2.75, 3.05) is 25.5 Å². The van der Waals surface area contributed by atoms with E-state index in [1.54, 1.807) is 18.1 Å². The van der Waals surface area contributed by atoms with Gasteiger partial charge in [0.2, 0.25) is 5.89 Å². The van der Waals surface area contributed by atoms with Crippen LogP contribution in [0.15, 0.2) is 59.3 Å². The number of carbonyl (C=O) groups is 2. The second-order valence-corrected chi connectivity index (χ2v) is 10.3. The van der Waals surface area contributed by atoms with Crippen molar-refractivity contribution >= 4 is 28.6 Å². The molecule has 0 bridgehead atoms. The van der Waals surface area contributed by atoms with E-state index in [0.717, 1.165) is 29.3 Å². The molecule has 0 radical (unpaired) electrons. The molecular weight excluding hydrogens is 486 g/mol. The fraction of sp³-hybridized carbons (Fsp3) is 0.357. The minimum Gasteiger partial charge on any atom is -0.494 e. The maximum absolute atomic E-state index is 12.9. The zero-order valence-electron chi connectivity index (χ0n) is 21.9. The van der Waals surface area contributed by atoms with Crippen LogP contribution in [0.2, 0.25) is 0 Å². The molecule has 0 saturated carbocycles. The van der Waals surface area contributed by atoms with Crippen molar-refractivity contribution in [3.8, 4) is 17.2 Å². The third-order valence-electron chi connectivity index (χ3n) is 6.34. The maximum Gasteiger partial charge on any atom is 0.410 e. The second kappa shape index (κ2) is 10.2. The molecule has 4 aromatic rings. The van der Waals surface area contributed by atoms with Gasteiger partial charge in [0.15, 0.2) is 5.69 Å². The Morgan fingerprint density at radius 1 is 1.11 bits per heavy atom. The first-order chi connectivity index (χ1) is 18.2. The molecule has 3 heterocycles. The van der Waals surface area contributed by atoms with Crippen molar-refractivity contribution in [2.24, 2.45) is 0 Å². The molecule has 1 aliphatic heterocycles. The molecule has 0 aliphatic carbocycles. The topological polar surface area (TPSA) is 112 Å². The van der Waals surface area contributed by atoms with Crippen LogP contribution in [0.5, 0.6) is 5.75 Å². The summed E-state index contributed by atoms with van der Waals surface area (Å²) in [7, 11) is 1.55. The number of aromatic nitrogens is 3. The molecule has 2 amide bonds. The summed E-state index contributed by atoms with van der Waals surface area (Å²) in [5.74, 6) is 0.454. The SMILES string of the molecule is COc1cc2nn(C3CCN(C(=O)OC(C)(C)C)CC3)cc2cc1NC(=O)c1coc(-c2ccccc2)n1. The van der Waals surface area contributed by atoms with E-state index in [-0.39, 0.29) is 17.8 Å². The Morgan fingerprint density at radius 2 is 1.84 bits per heavy atom. The van der Waals surface area contributed by atoms with Gasteiger partial charge in [0.1, 0.15) is 17.6 Å². The van der Waals surface area contributed by atoms with Gasteiger partial charge in [-0.1, -0.05) is 18.2 Å². The highest BCUT2D eigenvalue weighted by molar-refractivity contribution is 6.05. The molecule has 10 nitrogen and oxygen atoms in total. The molecule has 198 valence electrons. The number of ether oxygens (including phenoxy) is 2. The van der Waals surface area contributed by atoms with E-state index < -0.39 is 11.5 Å². The fourth-order valence-corrected chi connectivity index (χ4v) is 4.44. The van der Waals surface area contributed by atoms with Gasteiger partial charge in [-0.15, -0.1) is 0 Å². The van der Waals surface area contributed by atoms with E-state index in [2.05, 4.69) is 10.3 Å². The zero-order valence-corrected chi connectivity index (χ0v) is 21.9. The molecule has 38 heavy (non-hydrogen) atoms. The monoisotopic (exact) mass is 517 g/mol. The van der Waals surface area contributed by atoms with Crippen LogP contribution in [-0.4, -0.2) is 57.5 Å². The Bertz CT molecular complexity index is 1450. The Labute approximate surface area is 220 Å². The number of oxazole rings is 1. The maximum atomic E-state index is 12.9. The average molecular weight is 518 g/mol. The van der Waals surface area contributed by atoms with Gasteiger partial charge < -0.3 is 24.1 Å². The van der Waals surface area contributed by atoms with E-state index >= 15 is 0 Å². The van der Waals surface area contributed by atoms with Gasteiger partial charge in [0.05, 0.1) is 24.4 Å². The largest absolute Gasteiger partial charge is 0.494 e.